The number of amides is 1. The Morgan fingerprint density at radius 1 is 0.905 bits per heavy atom. The van der Waals surface area contributed by atoms with Gasteiger partial charge in [0.05, 0.1) is 47.1 Å². The number of hydrogen-bond donors (Lipinski definition) is 0. The number of fused-ring (bicyclic) bond motifs is 5. The lowest BCUT2D eigenvalue weighted by molar-refractivity contribution is -0.141. The Labute approximate surface area is 246 Å². The topological polar surface area (TPSA) is 78.9 Å². The van der Waals surface area contributed by atoms with E-state index in [1.54, 1.807) is 28.4 Å². The second-order valence-electron chi connectivity index (χ2n) is 10.7. The third kappa shape index (κ3) is 4.14. The molecule has 3 aliphatic rings. The molecule has 220 valence electrons. The van der Waals surface area contributed by atoms with Gasteiger partial charge < -0.3 is 33.3 Å². The van der Waals surface area contributed by atoms with E-state index < -0.39 is 6.04 Å². The van der Waals surface area contributed by atoms with Gasteiger partial charge in [0.15, 0.2) is 23.0 Å². The van der Waals surface area contributed by atoms with Crippen LogP contribution in [-0.4, -0.2) is 64.0 Å². The minimum atomic E-state index is -0.393. The molecule has 42 heavy (non-hydrogen) atoms. The Hall–Kier alpha value is -4.37. The van der Waals surface area contributed by atoms with E-state index in [9.17, 15) is 4.79 Å². The summed E-state index contributed by atoms with van der Waals surface area (Å²) in [7, 11) is 8.57. The van der Waals surface area contributed by atoms with E-state index in [1.807, 2.05) is 68.3 Å². The smallest absolute Gasteiger partial charge is 0.244 e. The maximum atomic E-state index is 14.4. The summed E-state index contributed by atoms with van der Waals surface area (Å²) in [6.45, 7) is 4.46. The van der Waals surface area contributed by atoms with Crippen molar-refractivity contribution in [2.45, 2.75) is 38.9 Å². The average Bonchev–Trinajstić information content (AvgIpc) is 3.47. The summed E-state index contributed by atoms with van der Waals surface area (Å²) in [6, 6.07) is 11.2. The normalized spacial score (nSPS) is 20.0. The third-order valence-corrected chi connectivity index (χ3v) is 8.62. The largest absolute Gasteiger partial charge is 0.496 e. The number of nitrogens with zero attached hydrogens (tertiary/aromatic N) is 2. The molecule has 9 nitrogen and oxygen atoms in total. The van der Waals surface area contributed by atoms with Gasteiger partial charge in [-0.1, -0.05) is 30.3 Å². The van der Waals surface area contributed by atoms with E-state index >= 15 is 0 Å². The molecule has 3 heterocycles. The summed E-state index contributed by atoms with van der Waals surface area (Å²) >= 11 is 0. The van der Waals surface area contributed by atoms with Gasteiger partial charge in [-0.15, -0.1) is 0 Å². The zero-order valence-electron chi connectivity index (χ0n) is 25.1. The van der Waals surface area contributed by atoms with Crippen molar-refractivity contribution in [2.75, 3.05) is 42.3 Å². The molecular formula is C33H36N2O7. The minimum Gasteiger partial charge on any atom is -0.496 e. The van der Waals surface area contributed by atoms with Crippen LogP contribution in [0, 0.1) is 13.8 Å². The number of carbonyl (C=O) groups excluding carboxylic acids is 1. The zero-order valence-corrected chi connectivity index (χ0v) is 25.1. The minimum absolute atomic E-state index is 0.0143. The molecule has 3 aromatic carbocycles. The Bertz CT molecular complexity index is 1580. The molecule has 0 saturated carbocycles. The predicted molar refractivity (Wildman–Crippen MR) is 158 cm³/mol. The average molecular weight is 573 g/mol. The molecule has 0 unspecified atom stereocenters. The molecule has 1 saturated heterocycles. The van der Waals surface area contributed by atoms with Crippen molar-refractivity contribution in [3.05, 3.63) is 75.5 Å². The van der Waals surface area contributed by atoms with Gasteiger partial charge >= 0.3 is 0 Å². The summed E-state index contributed by atoms with van der Waals surface area (Å²) < 4.78 is 35.3. The molecule has 0 aliphatic carbocycles. The highest BCUT2D eigenvalue weighted by molar-refractivity contribution is 5.89. The number of carbonyl (C=O) groups is 1. The Balaban J connectivity index is 1.65. The van der Waals surface area contributed by atoms with Crippen molar-refractivity contribution in [2.24, 2.45) is 0 Å². The first-order valence-corrected chi connectivity index (χ1v) is 13.9. The number of benzene rings is 3. The fraction of sp³-hybridized carbons (Fsp3) is 0.364. The van der Waals surface area contributed by atoms with Crippen molar-refractivity contribution < 1.29 is 33.2 Å². The summed E-state index contributed by atoms with van der Waals surface area (Å²) in [6.07, 6.45) is 2.51. The molecule has 0 aromatic heterocycles. The van der Waals surface area contributed by atoms with Gasteiger partial charge in [-0.25, -0.2) is 0 Å². The van der Waals surface area contributed by atoms with Crippen LogP contribution in [0.15, 0.2) is 42.1 Å². The number of methoxy groups -OCH3 is 4. The van der Waals surface area contributed by atoms with Crippen LogP contribution in [0.2, 0.25) is 0 Å². The van der Waals surface area contributed by atoms with E-state index in [-0.39, 0.29) is 18.7 Å². The molecule has 0 radical (unpaired) electrons. The lowest BCUT2D eigenvalue weighted by Crippen LogP contribution is -2.58. The van der Waals surface area contributed by atoms with Gasteiger partial charge in [-0.2, -0.15) is 0 Å². The second-order valence-corrected chi connectivity index (χ2v) is 10.7. The number of ether oxygens (including phenoxy) is 6. The first-order valence-electron chi connectivity index (χ1n) is 13.9. The van der Waals surface area contributed by atoms with Gasteiger partial charge in [0.2, 0.25) is 12.7 Å². The summed E-state index contributed by atoms with van der Waals surface area (Å²) in [5, 5.41) is 0. The predicted octanol–water partition coefficient (Wildman–Crippen LogP) is 5.05. The van der Waals surface area contributed by atoms with Crippen LogP contribution in [0.5, 0.6) is 34.5 Å². The molecule has 1 fully saturated rings. The van der Waals surface area contributed by atoms with Crippen LogP contribution in [0.3, 0.4) is 0 Å². The van der Waals surface area contributed by atoms with Crippen LogP contribution >= 0.6 is 0 Å². The first-order chi connectivity index (χ1) is 20.3. The third-order valence-electron chi connectivity index (χ3n) is 8.62. The summed E-state index contributed by atoms with van der Waals surface area (Å²) in [4.78, 5) is 18.4. The van der Waals surface area contributed by atoms with Crippen molar-refractivity contribution in [3.63, 3.8) is 0 Å². The second kappa shape index (κ2) is 10.8. The maximum Gasteiger partial charge on any atom is 0.244 e. The summed E-state index contributed by atoms with van der Waals surface area (Å²) in [5.41, 5.74) is 6.14. The van der Waals surface area contributed by atoms with E-state index in [4.69, 9.17) is 28.4 Å². The monoisotopic (exact) mass is 572 g/mol. The van der Waals surface area contributed by atoms with Gasteiger partial charge in [0, 0.05) is 39.9 Å². The first kappa shape index (κ1) is 27.8. The Kier molecular flexibility index (Phi) is 7.14. The molecule has 1 amide bonds. The number of piperazine rings is 1. The van der Waals surface area contributed by atoms with Crippen molar-refractivity contribution in [3.8, 4) is 34.5 Å². The number of rotatable bonds is 7. The van der Waals surface area contributed by atoms with Crippen LogP contribution in [0.25, 0.3) is 6.08 Å². The van der Waals surface area contributed by atoms with Crippen LogP contribution in [0.4, 0.5) is 0 Å². The van der Waals surface area contributed by atoms with Crippen molar-refractivity contribution in [1.29, 1.82) is 0 Å². The molecule has 6 rings (SSSR count). The molecule has 0 spiro atoms. The Morgan fingerprint density at radius 3 is 2.26 bits per heavy atom. The standard InChI is InChI=1S/C33H36N2O7/c1-18-28(37-4)21(14-25-30(18)42-17-41-25)13-23-27-26-22(29(38-5)19(2)31(39-6)32(26)40-7)15-24(34(27)3)33(36)35(23)16-20-11-9-8-10-12-20/h8-14,24,27H,15-17H2,1-7H3/b23-13+/t24-,27-/m0/s1. The number of likely N-dealkylation sites (N-methyl/N-ethyl adjacent to an activating group) is 1. The number of hydrogen-bond acceptors (Lipinski definition) is 8. The van der Waals surface area contributed by atoms with Crippen molar-refractivity contribution >= 4 is 12.0 Å². The lowest BCUT2D eigenvalue weighted by atomic mass is 9.80. The molecule has 3 aliphatic heterocycles. The SMILES string of the molecule is COc1c(/C=C2\[C@H]3c4c(c(OC)c(C)c(OC)c4OC)C[C@@H](C(=O)N2Cc2ccccc2)N3C)cc2c(c1C)OCO2. The lowest BCUT2D eigenvalue weighted by Gasteiger charge is -2.50. The van der Waals surface area contributed by atoms with Crippen LogP contribution < -0.4 is 28.4 Å². The van der Waals surface area contributed by atoms with Gasteiger partial charge in [0.25, 0.3) is 0 Å². The molecule has 2 bridgehead atoms. The Morgan fingerprint density at radius 2 is 1.60 bits per heavy atom. The van der Waals surface area contributed by atoms with Gasteiger partial charge in [-0.3, -0.25) is 9.69 Å². The highest BCUT2D eigenvalue weighted by atomic mass is 16.7. The van der Waals surface area contributed by atoms with Crippen molar-refractivity contribution in [1.82, 2.24) is 9.80 Å². The zero-order chi connectivity index (χ0) is 29.7. The molecule has 9 heteroatoms. The van der Waals surface area contributed by atoms with Crippen LogP contribution in [-0.2, 0) is 17.8 Å². The molecular weight excluding hydrogens is 536 g/mol. The molecule has 0 N–H and O–H groups in total. The fourth-order valence-corrected chi connectivity index (χ4v) is 6.74. The maximum absolute atomic E-state index is 14.4. The van der Waals surface area contributed by atoms with E-state index in [0.29, 0.717) is 47.5 Å². The quantitative estimate of drug-likeness (QED) is 0.390. The fourth-order valence-electron chi connectivity index (χ4n) is 6.74. The van der Waals surface area contributed by atoms with Crippen LogP contribution in [0.1, 0.15) is 39.4 Å². The highest BCUT2D eigenvalue weighted by Crippen LogP contribution is 2.55. The van der Waals surface area contributed by atoms with E-state index in [0.717, 1.165) is 39.1 Å². The molecule has 2 atom stereocenters. The van der Waals surface area contributed by atoms with Gasteiger partial charge in [0.1, 0.15) is 11.5 Å². The van der Waals surface area contributed by atoms with E-state index in [1.165, 1.54) is 0 Å². The van der Waals surface area contributed by atoms with Gasteiger partial charge in [-0.05, 0) is 38.6 Å². The summed E-state index contributed by atoms with van der Waals surface area (Å²) in [5.74, 6) is 3.94. The van der Waals surface area contributed by atoms with E-state index in [2.05, 4.69) is 4.90 Å². The highest BCUT2D eigenvalue weighted by Gasteiger charge is 2.50. The molecule has 3 aromatic rings.